The topological polar surface area (TPSA) is 72.8 Å². The lowest BCUT2D eigenvalue weighted by Crippen LogP contribution is -2.35. The highest BCUT2D eigenvalue weighted by atomic mass is 32.2. The number of fused-ring (bicyclic) bond motifs is 1. The second kappa shape index (κ2) is 8.92. The molecule has 0 radical (unpaired) electrons. The molecule has 1 aliphatic heterocycles. The summed E-state index contributed by atoms with van der Waals surface area (Å²) in [5, 5.41) is 16.3. The summed E-state index contributed by atoms with van der Waals surface area (Å²) in [4.78, 5) is 9.58. The molecule has 5 rings (SSSR count). The molecule has 1 aliphatic rings. The predicted molar refractivity (Wildman–Crippen MR) is 125 cm³/mol. The van der Waals surface area contributed by atoms with Crippen LogP contribution in [0.3, 0.4) is 0 Å². The Morgan fingerprint density at radius 1 is 1.03 bits per heavy atom. The van der Waals surface area contributed by atoms with Crippen molar-refractivity contribution in [3.05, 3.63) is 66.0 Å². The normalized spacial score (nSPS) is 16.5. The van der Waals surface area contributed by atoms with E-state index in [1.54, 1.807) is 18.5 Å². The third kappa shape index (κ3) is 4.04. The number of rotatable bonds is 4. The first kappa shape index (κ1) is 20.4. The Labute approximate surface area is 190 Å². The van der Waals surface area contributed by atoms with E-state index in [-0.39, 0.29) is 6.04 Å². The minimum atomic E-state index is 0.0588. The van der Waals surface area contributed by atoms with Crippen LogP contribution >= 0.6 is 24.4 Å². The van der Waals surface area contributed by atoms with Crippen molar-refractivity contribution in [3.63, 3.8) is 0 Å². The predicted octanol–water partition coefficient (Wildman–Crippen LogP) is 4.50. The smallest absolute Gasteiger partial charge is 0.193 e. The van der Waals surface area contributed by atoms with Crippen LogP contribution in [0.5, 0.6) is 0 Å². The van der Waals surface area contributed by atoms with Crippen LogP contribution in [-0.4, -0.2) is 39.9 Å². The summed E-state index contributed by atoms with van der Waals surface area (Å²) in [6, 6.07) is 14.3. The summed E-state index contributed by atoms with van der Waals surface area (Å²) >= 11 is 6.27. The van der Waals surface area contributed by atoms with E-state index in [9.17, 15) is 0 Å². The fourth-order valence-corrected chi connectivity index (χ4v) is 4.93. The maximum absolute atomic E-state index is 5.75. The molecule has 156 valence electrons. The minimum Gasteiger partial charge on any atom is -0.378 e. The first-order valence-corrected chi connectivity index (χ1v) is 11.3. The molecule has 6 nitrogen and oxygen atoms in total. The maximum Gasteiger partial charge on any atom is 0.193 e. The largest absolute Gasteiger partial charge is 0.378 e. The van der Waals surface area contributed by atoms with Gasteiger partial charge in [0, 0.05) is 40.2 Å². The molecule has 3 heterocycles. The van der Waals surface area contributed by atoms with Crippen molar-refractivity contribution >= 4 is 35.2 Å². The molecule has 2 aromatic heterocycles. The lowest BCUT2D eigenvalue weighted by atomic mass is 9.93. The zero-order chi connectivity index (χ0) is 21.2. The quantitative estimate of drug-likeness (QED) is 0.353. The minimum absolute atomic E-state index is 0.0588. The van der Waals surface area contributed by atoms with Crippen molar-refractivity contribution in [2.45, 2.75) is 28.0 Å². The molecule has 0 saturated carbocycles. The van der Waals surface area contributed by atoms with Gasteiger partial charge in [-0.3, -0.25) is 0 Å². The van der Waals surface area contributed by atoms with Crippen molar-refractivity contribution in [2.75, 3.05) is 19.8 Å². The first-order valence-electron chi connectivity index (χ1n) is 10.1. The van der Waals surface area contributed by atoms with E-state index in [4.69, 9.17) is 17.4 Å². The first-order chi connectivity index (χ1) is 15.2. The Kier molecular flexibility index (Phi) is 5.87. The van der Waals surface area contributed by atoms with Gasteiger partial charge < -0.3 is 10.1 Å². The van der Waals surface area contributed by atoms with Crippen molar-refractivity contribution in [2.24, 2.45) is 0 Å². The highest BCUT2D eigenvalue weighted by Crippen LogP contribution is 2.39. The second-order valence-electron chi connectivity index (χ2n) is 7.31. The van der Waals surface area contributed by atoms with Crippen LogP contribution in [0.25, 0.3) is 22.0 Å². The molecule has 1 N–H and O–H groups in total. The van der Waals surface area contributed by atoms with Crippen LogP contribution < -0.4 is 5.32 Å². The Hall–Kier alpha value is -2.52. The SMILES string of the molecule is Cc1ccc(-c2nnc(Sc3ncccn3)c3ccccc23)c(C2COCCN2)c1S. The van der Waals surface area contributed by atoms with Gasteiger partial charge in [0.05, 0.1) is 19.3 Å². The monoisotopic (exact) mass is 447 g/mol. The lowest BCUT2D eigenvalue weighted by molar-refractivity contribution is 0.0763. The highest BCUT2D eigenvalue weighted by Gasteiger charge is 2.24. The van der Waals surface area contributed by atoms with Gasteiger partial charge >= 0.3 is 0 Å². The van der Waals surface area contributed by atoms with Gasteiger partial charge in [-0.2, -0.15) is 0 Å². The molecule has 1 fully saturated rings. The second-order valence-corrected chi connectivity index (χ2v) is 8.71. The van der Waals surface area contributed by atoms with Gasteiger partial charge in [-0.25, -0.2) is 9.97 Å². The molecule has 31 heavy (non-hydrogen) atoms. The number of morpholine rings is 1. The van der Waals surface area contributed by atoms with Crippen molar-refractivity contribution in [1.29, 1.82) is 0 Å². The molecule has 8 heteroatoms. The van der Waals surface area contributed by atoms with E-state index in [1.807, 2.05) is 12.1 Å². The van der Waals surface area contributed by atoms with E-state index in [0.29, 0.717) is 11.8 Å². The zero-order valence-electron chi connectivity index (χ0n) is 16.9. The van der Waals surface area contributed by atoms with Crippen molar-refractivity contribution in [3.8, 4) is 11.3 Å². The molecule has 2 aromatic carbocycles. The number of hydrogen-bond acceptors (Lipinski definition) is 8. The van der Waals surface area contributed by atoms with Gasteiger partial charge in [0.25, 0.3) is 0 Å². The van der Waals surface area contributed by atoms with E-state index in [0.717, 1.165) is 56.2 Å². The molecule has 1 atom stereocenters. The van der Waals surface area contributed by atoms with E-state index >= 15 is 0 Å². The lowest BCUT2D eigenvalue weighted by Gasteiger charge is -2.28. The number of ether oxygens (including phenoxy) is 1. The molecule has 1 unspecified atom stereocenters. The van der Waals surface area contributed by atoms with Crippen LogP contribution in [0.15, 0.2) is 69.9 Å². The summed E-state index contributed by atoms with van der Waals surface area (Å²) in [5.41, 5.74) is 4.09. The van der Waals surface area contributed by atoms with Crippen molar-refractivity contribution < 1.29 is 4.74 Å². The standard InChI is InChI=1S/C23H21N5OS2/c1-14-7-8-17(19(21(14)30)18-13-29-12-11-24-18)20-15-5-2-3-6-16(15)22(28-27-20)31-23-25-9-4-10-26-23/h2-10,18,24,30H,11-13H2,1H3. The van der Waals surface area contributed by atoms with E-state index in [2.05, 4.69) is 56.7 Å². The van der Waals surface area contributed by atoms with Gasteiger partial charge in [0.1, 0.15) is 10.7 Å². The Balaban J connectivity index is 1.67. The van der Waals surface area contributed by atoms with Crippen LogP contribution in [-0.2, 0) is 4.74 Å². The Morgan fingerprint density at radius 3 is 2.61 bits per heavy atom. The van der Waals surface area contributed by atoms with Crippen LogP contribution in [0.2, 0.25) is 0 Å². The van der Waals surface area contributed by atoms with Crippen LogP contribution in [0, 0.1) is 6.92 Å². The molecule has 0 aliphatic carbocycles. The molecule has 0 amide bonds. The number of nitrogens with zero attached hydrogens (tertiary/aromatic N) is 4. The fourth-order valence-electron chi connectivity index (χ4n) is 3.81. The van der Waals surface area contributed by atoms with Gasteiger partial charge in [-0.15, -0.1) is 22.8 Å². The Morgan fingerprint density at radius 2 is 1.84 bits per heavy atom. The third-order valence-corrected chi connectivity index (χ3v) is 6.81. The number of aryl methyl sites for hydroxylation is 1. The molecule has 1 saturated heterocycles. The maximum atomic E-state index is 5.75. The van der Waals surface area contributed by atoms with Gasteiger partial charge in [0.2, 0.25) is 0 Å². The van der Waals surface area contributed by atoms with Crippen molar-refractivity contribution in [1.82, 2.24) is 25.5 Å². The van der Waals surface area contributed by atoms with Crippen LogP contribution in [0.4, 0.5) is 0 Å². The molecular weight excluding hydrogens is 426 g/mol. The highest BCUT2D eigenvalue weighted by molar-refractivity contribution is 7.99. The summed E-state index contributed by atoms with van der Waals surface area (Å²) in [6.07, 6.45) is 3.46. The van der Waals surface area contributed by atoms with Crippen LogP contribution in [0.1, 0.15) is 17.2 Å². The summed E-state index contributed by atoms with van der Waals surface area (Å²) in [7, 11) is 0. The molecule has 0 spiro atoms. The zero-order valence-corrected chi connectivity index (χ0v) is 18.7. The van der Waals surface area contributed by atoms with E-state index < -0.39 is 0 Å². The number of benzene rings is 2. The average molecular weight is 448 g/mol. The van der Waals surface area contributed by atoms with Gasteiger partial charge in [-0.1, -0.05) is 36.4 Å². The molecular formula is C23H21N5OS2. The summed E-state index contributed by atoms with van der Waals surface area (Å²) < 4.78 is 5.75. The summed E-state index contributed by atoms with van der Waals surface area (Å²) in [6.45, 7) is 4.21. The summed E-state index contributed by atoms with van der Waals surface area (Å²) in [5.74, 6) is 0. The fraction of sp³-hybridized carbons (Fsp3) is 0.217. The Bertz CT molecular complexity index is 1230. The third-order valence-electron chi connectivity index (χ3n) is 5.33. The molecule has 4 aromatic rings. The molecule has 0 bridgehead atoms. The number of hydrogen-bond donors (Lipinski definition) is 2. The number of nitrogens with one attached hydrogen (secondary N) is 1. The number of aromatic nitrogens is 4. The van der Waals surface area contributed by atoms with E-state index in [1.165, 1.54) is 11.8 Å². The van der Waals surface area contributed by atoms with Gasteiger partial charge in [0.15, 0.2) is 5.16 Å². The average Bonchev–Trinajstić information content (AvgIpc) is 2.82. The van der Waals surface area contributed by atoms with Gasteiger partial charge in [-0.05, 0) is 35.9 Å². The number of thiol groups is 1.